The van der Waals surface area contributed by atoms with Gasteiger partial charge in [0.1, 0.15) is 5.60 Å². The number of rotatable bonds is 0. The van der Waals surface area contributed by atoms with Gasteiger partial charge in [-0.15, -0.1) is 6.42 Å². The van der Waals surface area contributed by atoms with Crippen molar-refractivity contribution < 1.29 is 15.0 Å². The topological polar surface area (TPSA) is 57.5 Å². The highest BCUT2D eigenvalue weighted by Gasteiger charge is 2.64. The first-order chi connectivity index (χ1) is 11.2. The standard InChI is InChI=1S/C21H28O3/c1-4-21(24)10-7-16-14-12-18(23)17-11-13(22)5-8-19(17,2)15(14)6-9-20(16,21)3/h1,11,14-16,18,23-24H,5-10,12H2,2-3H3/t14-,15+,16+,18-,19-,20+,21+/m1/s1. The molecule has 3 nitrogen and oxygen atoms in total. The zero-order valence-electron chi connectivity index (χ0n) is 14.7. The Morgan fingerprint density at radius 1 is 1.21 bits per heavy atom. The monoisotopic (exact) mass is 328 g/mol. The highest BCUT2D eigenvalue weighted by molar-refractivity contribution is 5.91. The molecule has 3 fully saturated rings. The first-order valence-corrected chi connectivity index (χ1v) is 9.38. The molecule has 4 aliphatic carbocycles. The lowest BCUT2D eigenvalue weighted by molar-refractivity contribution is -0.124. The number of hydrogen-bond donors (Lipinski definition) is 2. The van der Waals surface area contributed by atoms with Gasteiger partial charge in [0.15, 0.2) is 5.78 Å². The second-order valence-electron chi connectivity index (χ2n) is 9.11. The Morgan fingerprint density at radius 2 is 1.92 bits per heavy atom. The minimum absolute atomic E-state index is 0.0750. The highest BCUT2D eigenvalue weighted by atomic mass is 16.3. The zero-order chi connectivity index (χ0) is 17.3. The van der Waals surface area contributed by atoms with Crippen LogP contribution < -0.4 is 0 Å². The number of terminal acetylenes is 1. The van der Waals surface area contributed by atoms with E-state index in [1.165, 1.54) is 0 Å². The van der Waals surface area contributed by atoms with E-state index < -0.39 is 11.7 Å². The molecule has 7 atom stereocenters. The molecule has 130 valence electrons. The number of hydrogen-bond acceptors (Lipinski definition) is 3. The van der Waals surface area contributed by atoms with E-state index in [1.807, 2.05) is 0 Å². The van der Waals surface area contributed by atoms with Crippen LogP contribution in [0.1, 0.15) is 58.8 Å². The van der Waals surface area contributed by atoms with Gasteiger partial charge in [0.25, 0.3) is 0 Å². The van der Waals surface area contributed by atoms with E-state index in [-0.39, 0.29) is 16.6 Å². The molecule has 0 aromatic carbocycles. The molecule has 24 heavy (non-hydrogen) atoms. The van der Waals surface area contributed by atoms with Crippen molar-refractivity contribution >= 4 is 5.78 Å². The predicted molar refractivity (Wildman–Crippen MR) is 91.9 cm³/mol. The van der Waals surface area contributed by atoms with E-state index in [1.54, 1.807) is 6.08 Å². The summed E-state index contributed by atoms with van der Waals surface area (Å²) in [4.78, 5) is 11.9. The maximum Gasteiger partial charge on any atom is 0.155 e. The molecule has 0 amide bonds. The van der Waals surface area contributed by atoms with Gasteiger partial charge in [-0.3, -0.25) is 4.79 Å². The van der Waals surface area contributed by atoms with Gasteiger partial charge >= 0.3 is 0 Å². The van der Waals surface area contributed by atoms with Crippen molar-refractivity contribution in [3.63, 3.8) is 0 Å². The Bertz CT molecular complexity index is 658. The Balaban J connectivity index is 1.74. The second-order valence-corrected chi connectivity index (χ2v) is 9.11. The van der Waals surface area contributed by atoms with Gasteiger partial charge in [0.2, 0.25) is 0 Å². The number of ketones is 1. The third kappa shape index (κ3) is 1.85. The van der Waals surface area contributed by atoms with Crippen molar-refractivity contribution in [1.29, 1.82) is 0 Å². The molecule has 0 spiro atoms. The van der Waals surface area contributed by atoms with Crippen LogP contribution in [0.2, 0.25) is 0 Å². The lowest BCUT2D eigenvalue weighted by atomic mass is 9.46. The molecule has 3 heteroatoms. The summed E-state index contributed by atoms with van der Waals surface area (Å²) in [5, 5.41) is 21.8. The van der Waals surface area contributed by atoms with Crippen LogP contribution in [-0.4, -0.2) is 27.7 Å². The molecule has 4 aliphatic rings. The minimum Gasteiger partial charge on any atom is -0.389 e. The predicted octanol–water partition coefficient (Wildman–Crippen LogP) is 2.85. The normalized spacial score (nSPS) is 53.5. The summed E-state index contributed by atoms with van der Waals surface area (Å²) in [7, 11) is 0. The first-order valence-electron chi connectivity index (χ1n) is 9.38. The third-order valence-electron chi connectivity index (χ3n) is 8.37. The molecular weight excluding hydrogens is 300 g/mol. The molecule has 0 bridgehead atoms. The van der Waals surface area contributed by atoms with E-state index in [4.69, 9.17) is 6.42 Å². The fourth-order valence-corrected chi connectivity index (χ4v) is 6.86. The summed E-state index contributed by atoms with van der Waals surface area (Å²) in [6.45, 7) is 4.40. The largest absolute Gasteiger partial charge is 0.389 e. The van der Waals surface area contributed by atoms with Crippen LogP contribution in [0.5, 0.6) is 0 Å². The smallest absolute Gasteiger partial charge is 0.155 e. The van der Waals surface area contributed by atoms with E-state index in [9.17, 15) is 15.0 Å². The highest BCUT2D eigenvalue weighted by Crippen LogP contribution is 2.67. The lowest BCUT2D eigenvalue weighted by Gasteiger charge is -2.59. The number of aliphatic hydroxyl groups excluding tert-OH is 1. The Hall–Kier alpha value is -1.11. The fraction of sp³-hybridized carbons (Fsp3) is 0.762. The van der Waals surface area contributed by atoms with Crippen molar-refractivity contribution in [3.8, 4) is 12.3 Å². The number of aliphatic hydroxyl groups is 2. The van der Waals surface area contributed by atoms with Crippen LogP contribution in [0.15, 0.2) is 11.6 Å². The average Bonchev–Trinajstić information content (AvgIpc) is 2.82. The summed E-state index contributed by atoms with van der Waals surface area (Å²) in [5.41, 5.74) is -0.361. The van der Waals surface area contributed by atoms with Gasteiger partial charge in [-0.25, -0.2) is 0 Å². The molecule has 4 rings (SSSR count). The van der Waals surface area contributed by atoms with E-state index in [0.29, 0.717) is 37.0 Å². The van der Waals surface area contributed by atoms with Crippen molar-refractivity contribution in [2.24, 2.45) is 28.6 Å². The van der Waals surface area contributed by atoms with Crippen LogP contribution in [0.4, 0.5) is 0 Å². The summed E-state index contributed by atoms with van der Waals surface area (Å²) in [6, 6.07) is 0. The minimum atomic E-state index is -1.01. The molecule has 0 aromatic heterocycles. The molecule has 0 aromatic rings. The average molecular weight is 328 g/mol. The maximum atomic E-state index is 11.9. The van der Waals surface area contributed by atoms with Crippen molar-refractivity contribution in [2.45, 2.75) is 70.5 Å². The van der Waals surface area contributed by atoms with Gasteiger partial charge in [0.05, 0.1) is 6.10 Å². The van der Waals surface area contributed by atoms with E-state index in [0.717, 1.165) is 31.3 Å². The van der Waals surface area contributed by atoms with Crippen LogP contribution in [0.25, 0.3) is 0 Å². The summed E-state index contributed by atoms with van der Waals surface area (Å²) in [5.74, 6) is 4.09. The van der Waals surface area contributed by atoms with E-state index in [2.05, 4.69) is 19.8 Å². The first kappa shape index (κ1) is 16.4. The van der Waals surface area contributed by atoms with Gasteiger partial charge in [-0.1, -0.05) is 19.8 Å². The molecule has 0 heterocycles. The van der Waals surface area contributed by atoms with Gasteiger partial charge in [0, 0.05) is 11.8 Å². The summed E-state index contributed by atoms with van der Waals surface area (Å²) >= 11 is 0. The molecule has 3 saturated carbocycles. The maximum absolute atomic E-state index is 11.9. The van der Waals surface area contributed by atoms with Crippen LogP contribution in [0.3, 0.4) is 0 Å². The van der Waals surface area contributed by atoms with Crippen LogP contribution in [-0.2, 0) is 4.79 Å². The molecule has 0 saturated heterocycles. The van der Waals surface area contributed by atoms with Gasteiger partial charge in [-0.05, 0) is 73.3 Å². The van der Waals surface area contributed by atoms with Crippen LogP contribution in [0, 0.1) is 40.9 Å². The fourth-order valence-electron chi connectivity index (χ4n) is 6.86. The number of fused-ring (bicyclic) bond motifs is 5. The molecular formula is C21H28O3. The Morgan fingerprint density at radius 3 is 2.62 bits per heavy atom. The Labute approximate surface area is 144 Å². The summed E-state index contributed by atoms with van der Waals surface area (Å²) in [6.07, 6.45) is 12.6. The Kier molecular flexibility index (Phi) is 3.38. The van der Waals surface area contributed by atoms with Crippen LogP contribution >= 0.6 is 0 Å². The van der Waals surface area contributed by atoms with Crippen molar-refractivity contribution in [3.05, 3.63) is 11.6 Å². The molecule has 2 N–H and O–H groups in total. The third-order valence-corrected chi connectivity index (χ3v) is 8.37. The van der Waals surface area contributed by atoms with Crippen molar-refractivity contribution in [2.75, 3.05) is 0 Å². The van der Waals surface area contributed by atoms with E-state index >= 15 is 0 Å². The number of carbonyl (C=O) groups excluding carboxylic acids is 1. The quantitative estimate of drug-likeness (QED) is 0.672. The second kappa shape index (κ2) is 4.96. The molecule has 0 unspecified atom stereocenters. The number of carbonyl (C=O) groups is 1. The summed E-state index contributed by atoms with van der Waals surface area (Å²) < 4.78 is 0. The lowest BCUT2D eigenvalue weighted by Crippen LogP contribution is -2.56. The van der Waals surface area contributed by atoms with Crippen molar-refractivity contribution in [1.82, 2.24) is 0 Å². The molecule has 0 aliphatic heterocycles. The van der Waals surface area contributed by atoms with Gasteiger partial charge < -0.3 is 10.2 Å². The molecule has 0 radical (unpaired) electrons. The SMILES string of the molecule is C#C[C@]1(O)CC[C@H]2[C@@H]3C[C@@H](O)C4=CC(=O)CC[C@]4(C)[C@H]3CC[C@@]21C. The van der Waals surface area contributed by atoms with Gasteiger partial charge in [-0.2, -0.15) is 0 Å². The zero-order valence-corrected chi connectivity index (χ0v) is 14.7.